The molecule has 31 heavy (non-hydrogen) atoms. The molecule has 4 rings (SSSR count). The molecule has 0 fully saturated rings. The molecule has 2 atom stereocenters. The van der Waals surface area contributed by atoms with Gasteiger partial charge in [0.05, 0.1) is 18.2 Å². The summed E-state index contributed by atoms with van der Waals surface area (Å²) in [5.41, 5.74) is 3.91. The Morgan fingerprint density at radius 3 is 2.65 bits per heavy atom. The predicted molar refractivity (Wildman–Crippen MR) is 123 cm³/mol. The summed E-state index contributed by atoms with van der Waals surface area (Å²) >= 11 is 7.79. The van der Waals surface area contributed by atoms with Crippen LogP contribution >= 0.6 is 22.9 Å². The van der Waals surface area contributed by atoms with E-state index in [1.165, 1.54) is 4.88 Å². The van der Waals surface area contributed by atoms with Crippen LogP contribution < -0.4 is 5.32 Å². The second kappa shape index (κ2) is 8.53. The van der Waals surface area contributed by atoms with Crippen molar-refractivity contribution < 1.29 is 9.90 Å². The van der Waals surface area contributed by atoms with Crippen molar-refractivity contribution in [2.24, 2.45) is 4.99 Å². The number of aliphatic hydroxyl groups excluding tert-OH is 1. The molecule has 0 spiro atoms. The zero-order valence-corrected chi connectivity index (χ0v) is 19.4. The summed E-state index contributed by atoms with van der Waals surface area (Å²) in [7, 11) is 0. The van der Waals surface area contributed by atoms with Crippen molar-refractivity contribution in [1.29, 1.82) is 0 Å². The first-order chi connectivity index (χ1) is 14.8. The van der Waals surface area contributed by atoms with Gasteiger partial charge in [0.25, 0.3) is 0 Å². The van der Waals surface area contributed by atoms with Crippen LogP contribution in [0.4, 0.5) is 0 Å². The fraction of sp³-hybridized carbons (Fsp3) is 0.364. The van der Waals surface area contributed by atoms with Gasteiger partial charge in [-0.25, -0.2) is 0 Å². The van der Waals surface area contributed by atoms with Crippen molar-refractivity contribution in [2.45, 2.75) is 46.3 Å². The molecule has 3 aromatic rings. The number of nitrogens with one attached hydrogen (secondary N) is 1. The Kier molecular flexibility index (Phi) is 5.96. The van der Waals surface area contributed by atoms with E-state index in [0.717, 1.165) is 33.2 Å². The smallest absolute Gasteiger partial charge is 0.222 e. The van der Waals surface area contributed by atoms with Crippen LogP contribution in [0.15, 0.2) is 29.3 Å². The van der Waals surface area contributed by atoms with E-state index < -0.39 is 12.1 Å². The highest BCUT2D eigenvalue weighted by Gasteiger charge is 2.32. The Bertz CT molecular complexity index is 1160. The van der Waals surface area contributed by atoms with E-state index in [1.54, 1.807) is 18.3 Å². The van der Waals surface area contributed by atoms with Crippen LogP contribution in [0.3, 0.4) is 0 Å². The first-order valence-corrected chi connectivity index (χ1v) is 11.3. The highest BCUT2D eigenvalue weighted by Crippen LogP contribution is 2.39. The molecule has 162 valence electrons. The van der Waals surface area contributed by atoms with Crippen LogP contribution in [0.25, 0.3) is 5.00 Å². The third-order valence-electron chi connectivity index (χ3n) is 5.33. The Balaban J connectivity index is 1.87. The fourth-order valence-corrected chi connectivity index (χ4v) is 4.98. The number of halogens is 1. The summed E-state index contributed by atoms with van der Waals surface area (Å²) in [4.78, 5) is 18.8. The maximum atomic E-state index is 12.6. The number of nitrogens with zero attached hydrogens (tertiary/aromatic N) is 4. The number of rotatable bonds is 5. The average Bonchev–Trinajstić information content (AvgIpc) is 3.19. The van der Waals surface area contributed by atoms with E-state index in [9.17, 15) is 9.90 Å². The molecule has 0 bridgehead atoms. The number of aliphatic imine (C=N–C) groups is 1. The molecule has 9 heteroatoms. The van der Waals surface area contributed by atoms with Gasteiger partial charge < -0.3 is 10.4 Å². The van der Waals surface area contributed by atoms with Crippen molar-refractivity contribution in [3.05, 3.63) is 62.5 Å². The first kappa shape index (κ1) is 21.7. The fourth-order valence-electron chi connectivity index (χ4n) is 3.64. The van der Waals surface area contributed by atoms with Gasteiger partial charge in [-0.2, -0.15) is 0 Å². The van der Waals surface area contributed by atoms with Gasteiger partial charge in [-0.1, -0.05) is 23.7 Å². The molecule has 7 nitrogen and oxygen atoms in total. The summed E-state index contributed by atoms with van der Waals surface area (Å²) < 4.78 is 2.01. The molecular weight excluding hydrogens is 434 g/mol. The SMILES string of the molecule is Cc1sc2c(c1C)C(c1ccc(Cl)cc1)=N[C@H](CC(=O)NC[C@@H](C)O)c1nnc(C)n1-2. The van der Waals surface area contributed by atoms with Gasteiger partial charge in [0, 0.05) is 27.6 Å². The second-order valence-corrected chi connectivity index (χ2v) is 9.40. The van der Waals surface area contributed by atoms with Gasteiger partial charge in [0.15, 0.2) is 5.82 Å². The molecule has 3 heterocycles. The van der Waals surface area contributed by atoms with Gasteiger partial charge in [-0.3, -0.25) is 14.4 Å². The minimum Gasteiger partial charge on any atom is -0.392 e. The lowest BCUT2D eigenvalue weighted by atomic mass is 9.99. The molecular formula is C22H24ClN5O2S. The second-order valence-electron chi connectivity index (χ2n) is 7.76. The molecule has 0 saturated heterocycles. The van der Waals surface area contributed by atoms with Gasteiger partial charge in [0.1, 0.15) is 16.9 Å². The Hall–Kier alpha value is -2.55. The van der Waals surface area contributed by atoms with Crippen LogP contribution in [0.5, 0.6) is 0 Å². The standard InChI is InChI=1S/C22H24ClN5O2S/c1-11(29)10-24-18(30)9-17-21-27-26-14(4)28(21)22-19(12(2)13(3)31-22)20(25-17)15-5-7-16(23)8-6-15/h5-8,11,17,29H,9-10H2,1-4H3,(H,24,30)/t11-,17-/m1/s1. The quantitative estimate of drug-likeness (QED) is 0.611. The molecule has 2 N–H and O–H groups in total. The highest BCUT2D eigenvalue weighted by molar-refractivity contribution is 7.15. The maximum Gasteiger partial charge on any atom is 0.222 e. The summed E-state index contributed by atoms with van der Waals surface area (Å²) in [6, 6.07) is 7.06. The number of hydrogen-bond acceptors (Lipinski definition) is 6. The van der Waals surface area contributed by atoms with Gasteiger partial charge >= 0.3 is 0 Å². The number of fused-ring (bicyclic) bond motifs is 3. The van der Waals surface area contributed by atoms with Crippen LogP contribution in [0, 0.1) is 20.8 Å². The van der Waals surface area contributed by atoms with E-state index in [1.807, 2.05) is 35.8 Å². The van der Waals surface area contributed by atoms with E-state index >= 15 is 0 Å². The number of aromatic nitrogens is 3. The molecule has 1 aromatic carbocycles. The molecule has 0 saturated carbocycles. The molecule has 2 aromatic heterocycles. The monoisotopic (exact) mass is 457 g/mol. The summed E-state index contributed by atoms with van der Waals surface area (Å²) in [5, 5.41) is 22.6. The number of carbonyl (C=O) groups excluding carboxylic acids is 1. The van der Waals surface area contributed by atoms with E-state index in [-0.39, 0.29) is 18.9 Å². The zero-order chi connectivity index (χ0) is 22.3. The Morgan fingerprint density at radius 2 is 1.97 bits per heavy atom. The topological polar surface area (TPSA) is 92.4 Å². The maximum absolute atomic E-state index is 12.6. The van der Waals surface area contributed by atoms with Crippen LogP contribution in [-0.2, 0) is 4.79 Å². The van der Waals surface area contributed by atoms with Gasteiger partial charge in [0.2, 0.25) is 5.91 Å². The highest BCUT2D eigenvalue weighted by atomic mass is 35.5. The Labute approximate surface area is 189 Å². The predicted octanol–water partition coefficient (Wildman–Crippen LogP) is 3.69. The van der Waals surface area contributed by atoms with Crippen LogP contribution in [0.2, 0.25) is 5.02 Å². The van der Waals surface area contributed by atoms with Crippen molar-refractivity contribution in [3.63, 3.8) is 0 Å². The van der Waals surface area contributed by atoms with Crippen LogP contribution in [-0.4, -0.2) is 44.1 Å². The minimum absolute atomic E-state index is 0.106. The molecule has 1 amide bonds. The van der Waals surface area contributed by atoms with Crippen LogP contribution in [0.1, 0.15) is 52.6 Å². The average molecular weight is 458 g/mol. The molecule has 0 radical (unpaired) electrons. The van der Waals surface area contributed by atoms with Crippen molar-refractivity contribution in [1.82, 2.24) is 20.1 Å². The Morgan fingerprint density at radius 1 is 1.26 bits per heavy atom. The normalized spacial score (nSPS) is 16.2. The summed E-state index contributed by atoms with van der Waals surface area (Å²) in [5.74, 6) is 1.19. The third kappa shape index (κ3) is 4.15. The molecule has 0 aliphatic carbocycles. The number of aryl methyl sites for hydroxylation is 2. The van der Waals surface area contributed by atoms with Gasteiger partial charge in [-0.05, 0) is 45.4 Å². The third-order valence-corrected chi connectivity index (χ3v) is 6.77. The molecule has 1 aliphatic heterocycles. The van der Waals surface area contributed by atoms with E-state index in [0.29, 0.717) is 10.8 Å². The molecule has 0 unspecified atom stereocenters. The number of amides is 1. The first-order valence-electron chi connectivity index (χ1n) is 10.1. The van der Waals surface area contributed by atoms with Gasteiger partial charge in [-0.15, -0.1) is 21.5 Å². The zero-order valence-electron chi connectivity index (χ0n) is 17.8. The minimum atomic E-state index is -0.616. The van der Waals surface area contributed by atoms with Crippen molar-refractivity contribution in [2.75, 3.05) is 6.54 Å². The lowest BCUT2D eigenvalue weighted by Crippen LogP contribution is -2.31. The van der Waals surface area contributed by atoms with E-state index in [4.69, 9.17) is 16.6 Å². The molecule has 1 aliphatic rings. The summed E-state index contributed by atoms with van der Waals surface area (Å²) in [6.07, 6.45) is -0.510. The number of aliphatic hydroxyl groups is 1. The van der Waals surface area contributed by atoms with Crippen molar-refractivity contribution in [3.8, 4) is 5.00 Å². The number of benzene rings is 1. The van der Waals surface area contributed by atoms with E-state index in [2.05, 4.69) is 29.4 Å². The number of thiophene rings is 1. The van der Waals surface area contributed by atoms with Crippen molar-refractivity contribution >= 4 is 34.6 Å². The largest absolute Gasteiger partial charge is 0.392 e. The number of carbonyl (C=O) groups is 1. The lowest BCUT2D eigenvalue weighted by molar-refractivity contribution is -0.121. The number of hydrogen-bond donors (Lipinski definition) is 2. The summed E-state index contributed by atoms with van der Waals surface area (Å²) in [6.45, 7) is 7.91. The lowest BCUT2D eigenvalue weighted by Gasteiger charge is -2.13.